The molecule has 158 valence electrons. The molecule has 4 fully saturated rings. The fourth-order valence-corrected chi connectivity index (χ4v) is 6.68. The highest BCUT2D eigenvalue weighted by atomic mass is 19.1. The molecule has 0 radical (unpaired) electrons. The summed E-state index contributed by atoms with van der Waals surface area (Å²) >= 11 is 0. The quantitative estimate of drug-likeness (QED) is 0.731. The number of rotatable bonds is 4. The Morgan fingerprint density at radius 2 is 1.79 bits per heavy atom. The number of halogens is 1. The number of aliphatic carboxylic acids is 1. The summed E-state index contributed by atoms with van der Waals surface area (Å²) in [5.74, 6) is 0.547. The predicted octanol–water partition coefficient (Wildman–Crippen LogP) is 3.84. The van der Waals surface area contributed by atoms with Gasteiger partial charge in [0, 0.05) is 18.3 Å². The minimum absolute atomic E-state index is 0.00130. The van der Waals surface area contributed by atoms with Crippen molar-refractivity contribution < 1.29 is 28.6 Å². The minimum atomic E-state index is -0.869. The van der Waals surface area contributed by atoms with E-state index in [2.05, 4.69) is 13.8 Å². The molecule has 2 saturated carbocycles. The van der Waals surface area contributed by atoms with Crippen LogP contribution >= 0.6 is 0 Å². The second kappa shape index (κ2) is 7.92. The lowest BCUT2D eigenvalue weighted by molar-refractivity contribution is -0.192. The summed E-state index contributed by atoms with van der Waals surface area (Å²) < 4.78 is 25.7. The third-order valence-electron chi connectivity index (χ3n) is 8.30. The molecule has 1 N–H and O–H groups in total. The van der Waals surface area contributed by atoms with Crippen molar-refractivity contribution in [1.29, 1.82) is 0 Å². The van der Waals surface area contributed by atoms with Crippen LogP contribution in [0, 0.1) is 41.4 Å². The molecule has 8 atom stereocenters. The van der Waals surface area contributed by atoms with Crippen molar-refractivity contribution in [3.63, 3.8) is 0 Å². The van der Waals surface area contributed by atoms with Gasteiger partial charge in [0.05, 0.1) is 18.6 Å². The molecule has 2 saturated heterocycles. The van der Waals surface area contributed by atoms with E-state index in [1.54, 1.807) is 0 Å². The van der Waals surface area contributed by atoms with Gasteiger partial charge in [-0.3, -0.25) is 9.59 Å². The maximum atomic E-state index is 13.6. The summed E-state index contributed by atoms with van der Waals surface area (Å²) in [5, 5.41) is 9.02. The zero-order chi connectivity index (χ0) is 20.0. The Labute approximate surface area is 166 Å². The van der Waals surface area contributed by atoms with Gasteiger partial charge in [0.2, 0.25) is 0 Å². The molecule has 0 amide bonds. The van der Waals surface area contributed by atoms with Crippen LogP contribution in [0.15, 0.2) is 0 Å². The molecule has 2 aliphatic heterocycles. The fraction of sp³-hybridized carbons (Fsp3) is 0.909. The summed E-state index contributed by atoms with van der Waals surface area (Å²) in [6.07, 6.45) is 3.91. The monoisotopic (exact) mass is 396 g/mol. The van der Waals surface area contributed by atoms with E-state index in [0.29, 0.717) is 37.0 Å². The van der Waals surface area contributed by atoms with Gasteiger partial charge in [0.1, 0.15) is 12.3 Å². The van der Waals surface area contributed by atoms with Gasteiger partial charge in [0.25, 0.3) is 0 Å². The molecular formula is C22H33FO5. The molecule has 0 aromatic heterocycles. The summed E-state index contributed by atoms with van der Waals surface area (Å²) in [6.45, 7) is 4.97. The van der Waals surface area contributed by atoms with Gasteiger partial charge in [-0.15, -0.1) is 0 Å². The fourth-order valence-electron chi connectivity index (χ4n) is 6.68. The maximum absolute atomic E-state index is 13.6. The van der Waals surface area contributed by atoms with Crippen LogP contribution in [-0.4, -0.2) is 42.0 Å². The minimum Gasteiger partial charge on any atom is -0.481 e. The molecule has 0 aromatic rings. The third-order valence-corrected chi connectivity index (χ3v) is 8.30. The first kappa shape index (κ1) is 20.1. The first-order chi connectivity index (χ1) is 13.4. The molecule has 2 heterocycles. The van der Waals surface area contributed by atoms with Crippen LogP contribution in [-0.2, 0) is 19.1 Å². The van der Waals surface area contributed by atoms with E-state index in [1.807, 2.05) is 0 Å². The summed E-state index contributed by atoms with van der Waals surface area (Å²) in [4.78, 5) is 23.5. The van der Waals surface area contributed by atoms with Crippen molar-refractivity contribution in [2.75, 3.05) is 6.61 Å². The van der Waals surface area contributed by atoms with Gasteiger partial charge in [0.15, 0.2) is 0 Å². The van der Waals surface area contributed by atoms with Crippen molar-refractivity contribution in [2.45, 2.75) is 77.2 Å². The third kappa shape index (κ3) is 3.57. The highest BCUT2D eigenvalue weighted by molar-refractivity contribution is 5.75. The average molecular weight is 396 g/mol. The zero-order valence-electron chi connectivity index (χ0n) is 16.9. The first-order valence-electron chi connectivity index (χ1n) is 11.0. The lowest BCUT2D eigenvalue weighted by Crippen LogP contribution is -2.55. The summed E-state index contributed by atoms with van der Waals surface area (Å²) in [5.41, 5.74) is 0. The number of hydrogen-bond donors (Lipinski definition) is 1. The summed E-state index contributed by atoms with van der Waals surface area (Å²) in [6, 6.07) is 0. The van der Waals surface area contributed by atoms with Gasteiger partial charge in [-0.2, -0.15) is 0 Å². The number of carbonyl (C=O) groups is 2. The average Bonchev–Trinajstić information content (AvgIpc) is 3.07. The van der Waals surface area contributed by atoms with Crippen LogP contribution in [0.2, 0.25) is 0 Å². The Hall–Kier alpha value is -1.17. The highest BCUT2D eigenvalue weighted by Gasteiger charge is 2.56. The van der Waals surface area contributed by atoms with E-state index in [1.165, 1.54) is 0 Å². The molecule has 4 rings (SSSR count). The molecule has 4 aliphatic rings. The van der Waals surface area contributed by atoms with E-state index in [0.717, 1.165) is 25.9 Å². The molecule has 2 aliphatic carbocycles. The SMILES string of the molecule is CC1C(CCC(=O)O)C(=O)OC2C(C)C3OCC(C4CCC(F)CC4)C3CC12. The number of carboxylic acids is 1. The number of alkyl halides is 1. The van der Waals surface area contributed by atoms with Crippen molar-refractivity contribution in [1.82, 2.24) is 0 Å². The number of carboxylic acid groups (broad SMARTS) is 1. The molecule has 8 unspecified atom stereocenters. The zero-order valence-corrected chi connectivity index (χ0v) is 16.9. The van der Waals surface area contributed by atoms with Crippen LogP contribution in [0.3, 0.4) is 0 Å². The van der Waals surface area contributed by atoms with Crippen molar-refractivity contribution >= 4 is 11.9 Å². The van der Waals surface area contributed by atoms with E-state index >= 15 is 0 Å². The summed E-state index contributed by atoms with van der Waals surface area (Å²) in [7, 11) is 0. The van der Waals surface area contributed by atoms with Gasteiger partial charge in [-0.25, -0.2) is 4.39 Å². The second-order valence-electron chi connectivity index (χ2n) is 9.70. The lowest BCUT2D eigenvalue weighted by Gasteiger charge is -2.50. The van der Waals surface area contributed by atoms with Gasteiger partial charge in [-0.05, 0) is 62.2 Å². The number of ether oxygens (including phenoxy) is 2. The van der Waals surface area contributed by atoms with Gasteiger partial charge in [-0.1, -0.05) is 13.8 Å². The number of hydrogen-bond acceptors (Lipinski definition) is 4. The van der Waals surface area contributed by atoms with E-state index < -0.39 is 12.1 Å². The van der Waals surface area contributed by atoms with E-state index in [4.69, 9.17) is 14.6 Å². The van der Waals surface area contributed by atoms with E-state index in [9.17, 15) is 14.0 Å². The van der Waals surface area contributed by atoms with Crippen molar-refractivity contribution in [3.8, 4) is 0 Å². The van der Waals surface area contributed by atoms with Crippen LogP contribution in [0.25, 0.3) is 0 Å². The molecule has 28 heavy (non-hydrogen) atoms. The van der Waals surface area contributed by atoms with Crippen LogP contribution in [0.4, 0.5) is 4.39 Å². The topological polar surface area (TPSA) is 72.8 Å². The number of esters is 1. The van der Waals surface area contributed by atoms with E-state index in [-0.39, 0.29) is 48.3 Å². The van der Waals surface area contributed by atoms with Crippen LogP contribution in [0.1, 0.15) is 58.8 Å². The standard InChI is InChI=1S/C22H33FO5/c1-11-15(7-8-19(24)25)22(26)28-21-12(2)20-17(9-16(11)21)18(10-27-20)13-3-5-14(23)6-4-13/h11-18,20-21H,3-10H2,1-2H3,(H,24,25). The number of fused-ring (bicyclic) bond motifs is 2. The predicted molar refractivity (Wildman–Crippen MR) is 100 cm³/mol. The second-order valence-corrected chi connectivity index (χ2v) is 9.70. The van der Waals surface area contributed by atoms with Crippen molar-refractivity contribution in [3.05, 3.63) is 0 Å². The normalized spacial score (nSPS) is 48.5. The molecule has 6 heteroatoms. The smallest absolute Gasteiger partial charge is 0.309 e. The van der Waals surface area contributed by atoms with Gasteiger partial charge >= 0.3 is 11.9 Å². The highest BCUT2D eigenvalue weighted by Crippen LogP contribution is 2.53. The molecular weight excluding hydrogens is 363 g/mol. The first-order valence-corrected chi connectivity index (χ1v) is 11.0. The Morgan fingerprint density at radius 3 is 2.46 bits per heavy atom. The van der Waals surface area contributed by atoms with Crippen molar-refractivity contribution in [2.24, 2.45) is 41.4 Å². The largest absolute Gasteiger partial charge is 0.481 e. The Balaban J connectivity index is 1.49. The van der Waals surface area contributed by atoms with Crippen LogP contribution in [0.5, 0.6) is 0 Å². The van der Waals surface area contributed by atoms with Gasteiger partial charge < -0.3 is 14.6 Å². The Morgan fingerprint density at radius 1 is 1.07 bits per heavy atom. The van der Waals surface area contributed by atoms with Crippen LogP contribution < -0.4 is 0 Å². The number of carbonyl (C=O) groups excluding carboxylic acids is 1. The molecule has 0 bridgehead atoms. The Bertz CT molecular complexity index is 602. The Kier molecular flexibility index (Phi) is 5.69. The molecule has 5 nitrogen and oxygen atoms in total. The maximum Gasteiger partial charge on any atom is 0.309 e. The lowest BCUT2D eigenvalue weighted by atomic mass is 9.60. The molecule has 0 aromatic carbocycles. The molecule has 0 spiro atoms.